The van der Waals surface area contributed by atoms with Gasteiger partial charge in [-0.25, -0.2) is 10.4 Å². The number of Topliss-reactive ketones (excluding diaryl/α,β-unsaturated/α-hetero) is 1. The van der Waals surface area contributed by atoms with Crippen molar-refractivity contribution in [3.05, 3.63) is 94.6 Å². The SMILES string of the molecule is Cc1ccc(NC(=O)C(CC(=O)c2ccc(Cl)cc2)=NNC(=O)c2ccccc2)nc1. The fraction of sp³-hybridized carbons (Fsp3) is 0.0870. The van der Waals surface area contributed by atoms with Crippen LogP contribution in [0.5, 0.6) is 0 Å². The Hall–Kier alpha value is -3.84. The largest absolute Gasteiger partial charge is 0.305 e. The van der Waals surface area contributed by atoms with Gasteiger partial charge in [0.2, 0.25) is 0 Å². The van der Waals surface area contributed by atoms with E-state index in [1.165, 1.54) is 0 Å². The number of hydrogen-bond donors (Lipinski definition) is 2. The van der Waals surface area contributed by atoms with Gasteiger partial charge in [-0.3, -0.25) is 14.4 Å². The predicted octanol–water partition coefficient (Wildman–Crippen LogP) is 4.04. The van der Waals surface area contributed by atoms with Gasteiger partial charge >= 0.3 is 0 Å². The Morgan fingerprint density at radius 2 is 1.65 bits per heavy atom. The lowest BCUT2D eigenvalue weighted by atomic mass is 10.1. The average molecular weight is 435 g/mol. The number of halogens is 1. The molecule has 2 N–H and O–H groups in total. The molecule has 0 aliphatic rings. The molecule has 0 aliphatic carbocycles. The number of nitrogens with one attached hydrogen (secondary N) is 2. The number of ketones is 1. The first-order valence-electron chi connectivity index (χ1n) is 9.37. The molecule has 31 heavy (non-hydrogen) atoms. The van der Waals surface area contributed by atoms with Gasteiger partial charge in [0, 0.05) is 22.3 Å². The third-order valence-corrected chi connectivity index (χ3v) is 4.49. The fourth-order valence-corrected chi connectivity index (χ4v) is 2.69. The zero-order chi connectivity index (χ0) is 22.2. The summed E-state index contributed by atoms with van der Waals surface area (Å²) in [4.78, 5) is 41.8. The van der Waals surface area contributed by atoms with Crippen LogP contribution >= 0.6 is 11.6 Å². The van der Waals surface area contributed by atoms with Crippen molar-refractivity contribution in [2.75, 3.05) is 5.32 Å². The quantitative estimate of drug-likeness (QED) is 0.333. The molecule has 3 aromatic rings. The molecule has 3 rings (SSSR count). The van der Waals surface area contributed by atoms with E-state index in [2.05, 4.69) is 20.8 Å². The van der Waals surface area contributed by atoms with Gasteiger partial charge < -0.3 is 5.32 Å². The summed E-state index contributed by atoms with van der Waals surface area (Å²) in [6, 6.07) is 18.1. The first-order chi connectivity index (χ1) is 14.9. The lowest BCUT2D eigenvalue weighted by Gasteiger charge is -2.09. The zero-order valence-electron chi connectivity index (χ0n) is 16.6. The van der Waals surface area contributed by atoms with E-state index in [1.54, 1.807) is 72.9 Å². The third-order valence-electron chi connectivity index (χ3n) is 4.24. The topological polar surface area (TPSA) is 101 Å². The number of benzene rings is 2. The van der Waals surface area contributed by atoms with Gasteiger partial charge in [0.05, 0.1) is 6.42 Å². The molecule has 0 fully saturated rings. The molecule has 0 aliphatic heterocycles. The van der Waals surface area contributed by atoms with Crippen molar-refractivity contribution in [1.29, 1.82) is 0 Å². The van der Waals surface area contributed by atoms with E-state index in [9.17, 15) is 14.4 Å². The molecule has 0 radical (unpaired) electrons. The van der Waals surface area contributed by atoms with Gasteiger partial charge in [0.15, 0.2) is 5.78 Å². The summed E-state index contributed by atoms with van der Waals surface area (Å²) in [6.07, 6.45) is 1.27. The lowest BCUT2D eigenvalue weighted by Crippen LogP contribution is -2.29. The molecule has 0 atom stereocenters. The maximum Gasteiger partial charge on any atom is 0.273 e. The van der Waals surface area contributed by atoms with Gasteiger partial charge in [-0.15, -0.1) is 0 Å². The molecule has 0 bridgehead atoms. The molecule has 8 heteroatoms. The lowest BCUT2D eigenvalue weighted by molar-refractivity contribution is -0.110. The molecule has 2 amide bonds. The molecular formula is C23H19ClN4O3. The van der Waals surface area contributed by atoms with E-state index in [4.69, 9.17) is 11.6 Å². The van der Waals surface area contributed by atoms with E-state index in [1.807, 2.05) is 6.92 Å². The normalized spacial score (nSPS) is 11.0. The summed E-state index contributed by atoms with van der Waals surface area (Å²) in [5, 5.41) is 7.01. The third kappa shape index (κ3) is 6.32. The van der Waals surface area contributed by atoms with Crippen molar-refractivity contribution >= 4 is 40.7 Å². The Morgan fingerprint density at radius 1 is 0.935 bits per heavy atom. The average Bonchev–Trinajstić information content (AvgIpc) is 2.78. The van der Waals surface area contributed by atoms with Gasteiger partial charge in [-0.1, -0.05) is 35.9 Å². The second kappa shape index (κ2) is 10.3. The summed E-state index contributed by atoms with van der Waals surface area (Å²) >= 11 is 5.86. The van der Waals surface area contributed by atoms with Crippen molar-refractivity contribution in [3.8, 4) is 0 Å². The van der Waals surface area contributed by atoms with Crippen LogP contribution in [0.15, 0.2) is 78.0 Å². The van der Waals surface area contributed by atoms with E-state index in [-0.39, 0.29) is 17.9 Å². The summed E-state index contributed by atoms with van der Waals surface area (Å²) in [5.41, 5.74) is 3.84. The Labute approximate surface area is 184 Å². The highest BCUT2D eigenvalue weighted by Gasteiger charge is 2.19. The van der Waals surface area contributed by atoms with Crippen LogP contribution in [0.1, 0.15) is 32.7 Å². The second-order valence-corrected chi connectivity index (χ2v) is 7.08. The molecule has 2 aromatic carbocycles. The Kier molecular flexibility index (Phi) is 7.24. The number of carbonyl (C=O) groups is 3. The molecule has 1 aromatic heterocycles. The number of anilines is 1. The monoisotopic (exact) mass is 434 g/mol. The number of aromatic nitrogens is 1. The molecule has 1 heterocycles. The molecule has 0 spiro atoms. The van der Waals surface area contributed by atoms with Crippen LogP contribution in [0.4, 0.5) is 5.82 Å². The van der Waals surface area contributed by atoms with Gasteiger partial charge in [-0.05, 0) is 55.0 Å². The molecule has 7 nitrogen and oxygen atoms in total. The highest BCUT2D eigenvalue weighted by atomic mass is 35.5. The van der Waals surface area contributed by atoms with Crippen LogP contribution in [-0.2, 0) is 4.79 Å². The number of hydrogen-bond acceptors (Lipinski definition) is 5. The number of hydrazone groups is 1. The van der Waals surface area contributed by atoms with Crippen LogP contribution in [0.2, 0.25) is 5.02 Å². The summed E-state index contributed by atoms with van der Waals surface area (Å²) in [6.45, 7) is 1.87. The van der Waals surface area contributed by atoms with Gasteiger partial charge in [0.1, 0.15) is 11.5 Å². The molecule has 0 unspecified atom stereocenters. The summed E-state index contributed by atoms with van der Waals surface area (Å²) < 4.78 is 0. The molecule has 0 saturated heterocycles. The van der Waals surface area contributed by atoms with Gasteiger partial charge in [-0.2, -0.15) is 5.10 Å². The van der Waals surface area contributed by atoms with Crippen LogP contribution in [0, 0.1) is 6.92 Å². The van der Waals surface area contributed by atoms with Crippen LogP contribution in [-0.4, -0.2) is 28.3 Å². The first kappa shape index (κ1) is 21.9. The smallest absolute Gasteiger partial charge is 0.273 e. The minimum Gasteiger partial charge on any atom is -0.305 e. The van der Waals surface area contributed by atoms with Crippen molar-refractivity contribution in [3.63, 3.8) is 0 Å². The number of nitrogens with zero attached hydrogens (tertiary/aromatic N) is 2. The molecule has 156 valence electrons. The minimum absolute atomic E-state index is 0.161. The number of amides is 2. The number of carbonyl (C=O) groups excluding carboxylic acids is 3. The van der Waals surface area contributed by atoms with E-state index in [0.717, 1.165) is 5.56 Å². The van der Waals surface area contributed by atoms with Crippen LogP contribution in [0.3, 0.4) is 0 Å². The Morgan fingerprint density at radius 3 is 2.29 bits per heavy atom. The van der Waals surface area contributed by atoms with Crippen molar-refractivity contribution in [1.82, 2.24) is 10.4 Å². The van der Waals surface area contributed by atoms with E-state index < -0.39 is 11.8 Å². The van der Waals surface area contributed by atoms with Crippen LogP contribution < -0.4 is 10.7 Å². The van der Waals surface area contributed by atoms with E-state index in [0.29, 0.717) is 22.0 Å². The highest BCUT2D eigenvalue weighted by Crippen LogP contribution is 2.12. The number of rotatable bonds is 7. The molecule has 0 saturated carbocycles. The first-order valence-corrected chi connectivity index (χ1v) is 9.75. The van der Waals surface area contributed by atoms with Crippen molar-refractivity contribution in [2.45, 2.75) is 13.3 Å². The second-order valence-electron chi connectivity index (χ2n) is 6.65. The maximum atomic E-state index is 12.8. The van der Waals surface area contributed by atoms with E-state index >= 15 is 0 Å². The summed E-state index contributed by atoms with van der Waals surface area (Å²) in [5.74, 6) is -1.20. The molecular weight excluding hydrogens is 416 g/mol. The standard InChI is InChI=1S/C23H19ClN4O3/c1-15-7-12-21(25-14-15)26-23(31)19(13-20(29)16-8-10-18(24)11-9-16)27-28-22(30)17-5-3-2-4-6-17/h2-12,14H,13H2,1H3,(H,28,30)(H,25,26,31). The Balaban J connectivity index is 1.80. The van der Waals surface area contributed by atoms with Crippen LogP contribution in [0.25, 0.3) is 0 Å². The fourth-order valence-electron chi connectivity index (χ4n) is 2.56. The minimum atomic E-state index is -0.646. The van der Waals surface area contributed by atoms with Crippen molar-refractivity contribution in [2.24, 2.45) is 5.10 Å². The van der Waals surface area contributed by atoms with Gasteiger partial charge in [0.25, 0.3) is 11.8 Å². The maximum absolute atomic E-state index is 12.8. The number of aryl methyl sites for hydroxylation is 1. The highest BCUT2D eigenvalue weighted by molar-refractivity contribution is 6.46. The van der Waals surface area contributed by atoms with Crippen molar-refractivity contribution < 1.29 is 14.4 Å². The summed E-state index contributed by atoms with van der Waals surface area (Å²) in [7, 11) is 0. The number of pyridine rings is 1. The Bertz CT molecular complexity index is 1110. The predicted molar refractivity (Wildman–Crippen MR) is 119 cm³/mol. The zero-order valence-corrected chi connectivity index (χ0v) is 17.4.